The Hall–Kier alpha value is -2.50. The van der Waals surface area contributed by atoms with Crippen LogP contribution < -0.4 is 16.2 Å². The minimum atomic E-state index is -3.75. The summed E-state index contributed by atoms with van der Waals surface area (Å²) < 4.78 is 32.2. The lowest BCUT2D eigenvalue weighted by atomic mass is 10.0. The molecule has 31 heavy (non-hydrogen) atoms. The topological polar surface area (TPSA) is 134 Å². The van der Waals surface area contributed by atoms with Crippen molar-refractivity contribution in [2.24, 2.45) is 11.8 Å². The first-order chi connectivity index (χ1) is 14.7. The lowest BCUT2D eigenvalue weighted by Gasteiger charge is -2.26. The summed E-state index contributed by atoms with van der Waals surface area (Å²) in [5.74, 6) is -1.70. The van der Waals surface area contributed by atoms with Crippen LogP contribution in [0.5, 0.6) is 0 Å². The Labute approximate surface area is 181 Å². The molecule has 3 N–H and O–H groups in total. The Morgan fingerprint density at radius 2 is 1.77 bits per heavy atom. The van der Waals surface area contributed by atoms with Crippen LogP contribution in [0.1, 0.15) is 37.0 Å². The highest BCUT2D eigenvalue weighted by atomic mass is 32.2. The molecule has 1 saturated carbocycles. The van der Waals surface area contributed by atoms with Crippen LogP contribution in [0.3, 0.4) is 0 Å². The average molecular weight is 453 g/mol. The Balaban J connectivity index is 1.68. The summed E-state index contributed by atoms with van der Waals surface area (Å²) in [6, 6.07) is 4.79. The zero-order chi connectivity index (χ0) is 22.6. The quantitative estimate of drug-likeness (QED) is 0.500. The van der Waals surface area contributed by atoms with E-state index >= 15 is 0 Å². The number of nitrogens with zero attached hydrogens (tertiary/aromatic N) is 1. The molecule has 0 radical (unpaired) electrons. The molecule has 170 valence electrons. The monoisotopic (exact) mass is 452 g/mol. The molecule has 1 aliphatic carbocycles. The number of sulfonamides is 1. The van der Waals surface area contributed by atoms with Crippen LogP contribution in [0, 0.1) is 11.8 Å². The summed E-state index contributed by atoms with van der Waals surface area (Å²) >= 11 is 0. The molecule has 0 aromatic heterocycles. The summed E-state index contributed by atoms with van der Waals surface area (Å²) in [5, 5.41) is 2.63. The number of hydrogen-bond donors (Lipinski definition) is 3. The fourth-order valence-corrected chi connectivity index (χ4v) is 4.60. The SMILES string of the molecule is CC(C)[C@@H](NC(=O)c1cccc(S(=O)(=O)N2CCOCC2)c1)C(=O)NNC(=O)C1CC1. The molecule has 10 nitrogen and oxygen atoms in total. The van der Waals surface area contributed by atoms with Gasteiger partial charge >= 0.3 is 0 Å². The summed E-state index contributed by atoms with van der Waals surface area (Å²) in [6.07, 6.45) is 1.60. The normalized spacial score (nSPS) is 18.3. The smallest absolute Gasteiger partial charge is 0.261 e. The van der Waals surface area contributed by atoms with Gasteiger partial charge in [-0.15, -0.1) is 0 Å². The van der Waals surface area contributed by atoms with Crippen LogP contribution >= 0.6 is 0 Å². The van der Waals surface area contributed by atoms with Gasteiger partial charge in [0.1, 0.15) is 6.04 Å². The number of carbonyl (C=O) groups excluding carboxylic acids is 3. The van der Waals surface area contributed by atoms with Gasteiger partial charge in [-0.05, 0) is 37.0 Å². The largest absolute Gasteiger partial charge is 0.379 e. The predicted octanol–water partition coefficient (Wildman–Crippen LogP) is 0.0193. The van der Waals surface area contributed by atoms with Gasteiger partial charge in [0, 0.05) is 24.6 Å². The van der Waals surface area contributed by atoms with Crippen molar-refractivity contribution >= 4 is 27.7 Å². The molecule has 2 aliphatic rings. The summed E-state index contributed by atoms with van der Waals surface area (Å²) in [4.78, 5) is 37.0. The number of ether oxygens (including phenoxy) is 1. The fourth-order valence-electron chi connectivity index (χ4n) is 3.14. The van der Waals surface area contributed by atoms with Crippen LogP contribution in [0.25, 0.3) is 0 Å². The van der Waals surface area contributed by atoms with E-state index in [1.165, 1.54) is 28.6 Å². The third-order valence-corrected chi connectivity index (χ3v) is 7.09. The van der Waals surface area contributed by atoms with Gasteiger partial charge < -0.3 is 10.1 Å². The van der Waals surface area contributed by atoms with E-state index in [4.69, 9.17) is 4.74 Å². The number of amides is 3. The van der Waals surface area contributed by atoms with Gasteiger partial charge in [0.15, 0.2) is 0 Å². The van der Waals surface area contributed by atoms with E-state index in [1.807, 2.05) is 0 Å². The van der Waals surface area contributed by atoms with Crippen LogP contribution in [-0.2, 0) is 24.3 Å². The van der Waals surface area contributed by atoms with Crippen LogP contribution in [-0.4, -0.2) is 62.8 Å². The zero-order valence-corrected chi connectivity index (χ0v) is 18.4. The predicted molar refractivity (Wildman–Crippen MR) is 111 cm³/mol. The second kappa shape index (κ2) is 9.75. The highest BCUT2D eigenvalue weighted by Gasteiger charge is 2.31. The summed E-state index contributed by atoms with van der Waals surface area (Å²) in [7, 11) is -3.75. The van der Waals surface area contributed by atoms with Crippen molar-refractivity contribution in [1.82, 2.24) is 20.5 Å². The van der Waals surface area contributed by atoms with E-state index in [9.17, 15) is 22.8 Å². The molecule has 3 amide bonds. The number of hydrogen-bond acceptors (Lipinski definition) is 6. The van der Waals surface area contributed by atoms with Gasteiger partial charge in [-0.3, -0.25) is 25.2 Å². The molecule has 1 aromatic rings. The number of carbonyl (C=O) groups is 3. The molecule has 1 heterocycles. The summed E-state index contributed by atoms with van der Waals surface area (Å²) in [6.45, 7) is 4.66. The maximum Gasteiger partial charge on any atom is 0.261 e. The Bertz CT molecular complexity index is 939. The van der Waals surface area contributed by atoms with Gasteiger partial charge in [0.25, 0.3) is 11.8 Å². The third-order valence-electron chi connectivity index (χ3n) is 5.20. The number of nitrogens with one attached hydrogen (secondary N) is 3. The van der Waals surface area contributed by atoms with Crippen molar-refractivity contribution < 1.29 is 27.5 Å². The highest BCUT2D eigenvalue weighted by Crippen LogP contribution is 2.28. The molecule has 11 heteroatoms. The van der Waals surface area contributed by atoms with Gasteiger partial charge in [-0.25, -0.2) is 8.42 Å². The number of rotatable bonds is 7. The fraction of sp³-hybridized carbons (Fsp3) is 0.550. The highest BCUT2D eigenvalue weighted by molar-refractivity contribution is 7.89. The molecule has 1 atom stereocenters. The van der Waals surface area contributed by atoms with E-state index in [0.717, 1.165) is 12.8 Å². The van der Waals surface area contributed by atoms with Crippen molar-refractivity contribution in [3.8, 4) is 0 Å². The molecule has 0 unspecified atom stereocenters. The Morgan fingerprint density at radius 1 is 1.10 bits per heavy atom. The molecule has 1 aliphatic heterocycles. The van der Waals surface area contributed by atoms with Gasteiger partial charge in [0.2, 0.25) is 15.9 Å². The van der Waals surface area contributed by atoms with Crippen LogP contribution in [0.15, 0.2) is 29.2 Å². The second-order valence-corrected chi connectivity index (χ2v) is 9.93. The second-order valence-electron chi connectivity index (χ2n) is 7.99. The molecule has 1 saturated heterocycles. The first kappa shape index (κ1) is 23.2. The van der Waals surface area contributed by atoms with E-state index in [2.05, 4.69) is 16.2 Å². The lowest BCUT2D eigenvalue weighted by Crippen LogP contribution is -2.54. The van der Waals surface area contributed by atoms with Crippen molar-refractivity contribution in [2.45, 2.75) is 37.6 Å². The summed E-state index contributed by atoms with van der Waals surface area (Å²) in [5.41, 5.74) is 4.85. The molecular formula is C20H28N4O6S. The van der Waals surface area contributed by atoms with Crippen molar-refractivity contribution in [2.75, 3.05) is 26.3 Å². The maximum absolute atomic E-state index is 12.8. The van der Waals surface area contributed by atoms with Crippen molar-refractivity contribution in [1.29, 1.82) is 0 Å². The number of hydrazine groups is 1. The van der Waals surface area contributed by atoms with Gasteiger partial charge in [-0.1, -0.05) is 19.9 Å². The standard InChI is InChI=1S/C20H28N4O6S/c1-13(2)17(20(27)23-22-19(26)14-6-7-14)21-18(25)15-4-3-5-16(12-15)31(28,29)24-8-10-30-11-9-24/h3-5,12-14,17H,6-11H2,1-2H3,(H,21,25)(H,22,26)(H,23,27)/t17-/m1/s1. The van der Waals surface area contributed by atoms with Crippen LogP contribution in [0.4, 0.5) is 0 Å². The van der Waals surface area contributed by atoms with E-state index in [-0.39, 0.29) is 41.3 Å². The molecule has 0 spiro atoms. The molecular weight excluding hydrogens is 424 g/mol. The van der Waals surface area contributed by atoms with Crippen molar-refractivity contribution in [3.63, 3.8) is 0 Å². The van der Waals surface area contributed by atoms with Crippen LogP contribution in [0.2, 0.25) is 0 Å². The lowest BCUT2D eigenvalue weighted by molar-refractivity contribution is -0.131. The van der Waals surface area contributed by atoms with Gasteiger partial charge in [0.05, 0.1) is 18.1 Å². The van der Waals surface area contributed by atoms with E-state index < -0.39 is 27.9 Å². The molecule has 2 fully saturated rings. The maximum atomic E-state index is 12.8. The minimum absolute atomic E-state index is 0.00398. The Kier molecular flexibility index (Phi) is 7.29. The number of benzene rings is 1. The average Bonchev–Trinajstić information content (AvgIpc) is 3.61. The third kappa shape index (κ3) is 5.81. The molecule has 3 rings (SSSR count). The minimum Gasteiger partial charge on any atom is -0.379 e. The number of morpholine rings is 1. The Morgan fingerprint density at radius 3 is 2.39 bits per heavy atom. The zero-order valence-electron chi connectivity index (χ0n) is 17.6. The van der Waals surface area contributed by atoms with Gasteiger partial charge in [-0.2, -0.15) is 4.31 Å². The first-order valence-electron chi connectivity index (χ1n) is 10.3. The van der Waals surface area contributed by atoms with Crippen molar-refractivity contribution in [3.05, 3.63) is 29.8 Å². The molecule has 1 aromatic carbocycles. The van der Waals surface area contributed by atoms with E-state index in [0.29, 0.717) is 13.2 Å². The first-order valence-corrected chi connectivity index (χ1v) is 11.7. The van der Waals surface area contributed by atoms with E-state index in [1.54, 1.807) is 13.8 Å². The molecule has 0 bridgehead atoms.